The SMILES string of the molecule is CCCCCCCCCCCCN(C(=O)[C@H](CC(C)C)NC(=O)OCC1c2ccccc2-c2ccccc21)[C@@H](CC(C)C)C(=O)OC(C)(C)C. The Kier molecular flexibility index (Phi) is 16.8. The highest BCUT2D eigenvalue weighted by atomic mass is 16.6. The van der Waals surface area contributed by atoms with E-state index in [4.69, 9.17) is 9.47 Å². The molecule has 0 bridgehead atoms. The van der Waals surface area contributed by atoms with Crippen molar-refractivity contribution in [2.45, 2.75) is 156 Å². The third-order valence-corrected chi connectivity index (χ3v) is 9.43. The van der Waals surface area contributed by atoms with Gasteiger partial charge in [-0.05, 0) is 74.1 Å². The van der Waals surface area contributed by atoms with Gasteiger partial charge in [0.15, 0.2) is 0 Å². The molecule has 0 saturated carbocycles. The minimum atomic E-state index is -0.828. The number of unbranched alkanes of at least 4 members (excludes halogenated alkanes) is 9. The van der Waals surface area contributed by atoms with E-state index < -0.39 is 29.7 Å². The number of nitrogens with one attached hydrogen (secondary N) is 1. The summed E-state index contributed by atoms with van der Waals surface area (Å²) in [4.78, 5) is 43.4. The normalized spacial score (nSPS) is 13.9. The van der Waals surface area contributed by atoms with Crippen LogP contribution in [0.4, 0.5) is 4.79 Å². The highest BCUT2D eigenvalue weighted by Crippen LogP contribution is 2.44. The van der Waals surface area contributed by atoms with Crippen molar-refractivity contribution in [2.75, 3.05) is 13.2 Å². The molecule has 0 unspecified atom stereocenters. The van der Waals surface area contributed by atoms with Crippen molar-refractivity contribution >= 4 is 18.0 Å². The van der Waals surface area contributed by atoms with E-state index >= 15 is 0 Å². The van der Waals surface area contributed by atoms with Gasteiger partial charge in [-0.2, -0.15) is 0 Å². The summed E-state index contributed by atoms with van der Waals surface area (Å²) in [6.07, 6.45) is 12.1. The fourth-order valence-corrected chi connectivity index (χ4v) is 7.03. The summed E-state index contributed by atoms with van der Waals surface area (Å²) >= 11 is 0. The van der Waals surface area contributed by atoms with Gasteiger partial charge in [0.1, 0.15) is 24.3 Å². The Balaban J connectivity index is 1.74. The van der Waals surface area contributed by atoms with Gasteiger partial charge in [0, 0.05) is 12.5 Å². The molecule has 0 aliphatic heterocycles. The molecule has 0 radical (unpaired) electrons. The molecule has 2 atom stereocenters. The van der Waals surface area contributed by atoms with Crippen LogP contribution in [0.1, 0.15) is 149 Å². The molecule has 1 aliphatic rings. The minimum absolute atomic E-state index is 0.0807. The van der Waals surface area contributed by atoms with Crippen LogP contribution in [0.25, 0.3) is 11.1 Å². The molecular weight excluding hydrogens is 624 g/mol. The molecule has 278 valence electrons. The zero-order chi connectivity index (χ0) is 36.7. The third-order valence-electron chi connectivity index (χ3n) is 9.43. The molecule has 0 spiro atoms. The zero-order valence-electron chi connectivity index (χ0n) is 32.4. The molecule has 0 fully saturated rings. The molecule has 50 heavy (non-hydrogen) atoms. The number of alkyl carbamates (subject to hydrolysis) is 1. The second kappa shape index (κ2) is 20.5. The Bertz CT molecular complexity index is 1300. The molecule has 7 nitrogen and oxygen atoms in total. The third kappa shape index (κ3) is 13.1. The first-order valence-corrected chi connectivity index (χ1v) is 19.5. The molecular formula is C43H66N2O5. The van der Waals surface area contributed by atoms with Crippen LogP contribution in [-0.4, -0.2) is 53.7 Å². The zero-order valence-corrected chi connectivity index (χ0v) is 32.4. The molecule has 0 heterocycles. The Morgan fingerprint density at radius 3 is 1.74 bits per heavy atom. The molecule has 7 heteroatoms. The van der Waals surface area contributed by atoms with Gasteiger partial charge in [0.05, 0.1) is 0 Å². The Hall–Kier alpha value is -3.35. The number of ether oxygens (including phenoxy) is 2. The van der Waals surface area contributed by atoms with Gasteiger partial charge < -0.3 is 19.7 Å². The number of rotatable bonds is 21. The Labute approximate surface area is 303 Å². The fourth-order valence-electron chi connectivity index (χ4n) is 7.03. The first kappa shape index (κ1) is 41.1. The number of esters is 1. The highest BCUT2D eigenvalue weighted by Gasteiger charge is 2.38. The summed E-state index contributed by atoms with van der Waals surface area (Å²) in [6, 6.07) is 14.9. The van der Waals surface area contributed by atoms with E-state index in [-0.39, 0.29) is 30.3 Å². The summed E-state index contributed by atoms with van der Waals surface area (Å²) in [5.41, 5.74) is 3.90. The van der Waals surface area contributed by atoms with E-state index in [1.807, 2.05) is 58.9 Å². The molecule has 2 amide bonds. The second-order valence-electron chi connectivity index (χ2n) is 16.0. The van der Waals surface area contributed by atoms with Gasteiger partial charge in [0.25, 0.3) is 0 Å². The monoisotopic (exact) mass is 690 g/mol. The van der Waals surface area contributed by atoms with Crippen LogP contribution in [-0.2, 0) is 19.1 Å². The number of benzene rings is 2. The smallest absolute Gasteiger partial charge is 0.407 e. The lowest BCUT2D eigenvalue weighted by molar-refractivity contribution is -0.166. The summed E-state index contributed by atoms with van der Waals surface area (Å²) in [7, 11) is 0. The van der Waals surface area contributed by atoms with Crippen LogP contribution >= 0.6 is 0 Å². The lowest BCUT2D eigenvalue weighted by Gasteiger charge is -2.36. The Morgan fingerprint density at radius 1 is 0.740 bits per heavy atom. The summed E-state index contributed by atoms with van der Waals surface area (Å²) in [5.74, 6) is -0.435. The molecule has 3 rings (SSSR count). The number of nitrogens with zero attached hydrogens (tertiary/aromatic N) is 1. The van der Waals surface area contributed by atoms with E-state index in [9.17, 15) is 14.4 Å². The van der Waals surface area contributed by atoms with Crippen molar-refractivity contribution in [3.8, 4) is 11.1 Å². The van der Waals surface area contributed by atoms with Crippen molar-refractivity contribution in [3.05, 3.63) is 59.7 Å². The van der Waals surface area contributed by atoms with Gasteiger partial charge in [-0.25, -0.2) is 9.59 Å². The maximum Gasteiger partial charge on any atom is 0.407 e. The van der Waals surface area contributed by atoms with Gasteiger partial charge in [0.2, 0.25) is 5.91 Å². The van der Waals surface area contributed by atoms with Gasteiger partial charge in [-0.3, -0.25) is 4.79 Å². The standard InChI is InChI=1S/C43H66N2O5/c1-9-10-11-12-13-14-15-16-17-22-27-45(39(29-32(4)5)41(47)50-43(6,7)8)40(46)38(28-31(2)3)44-42(48)49-30-37-35-25-20-18-23-33(35)34-24-19-21-26-36(34)37/h18-21,23-26,31-32,37-39H,9-17,22,27-30H2,1-8H3,(H,44,48)/t38-,39-/m0/s1. The molecule has 1 N–H and O–H groups in total. The Morgan fingerprint density at radius 2 is 1.24 bits per heavy atom. The topological polar surface area (TPSA) is 84.9 Å². The minimum Gasteiger partial charge on any atom is -0.458 e. The number of hydrogen-bond acceptors (Lipinski definition) is 5. The van der Waals surface area contributed by atoms with Crippen molar-refractivity contribution in [1.82, 2.24) is 10.2 Å². The second-order valence-corrected chi connectivity index (χ2v) is 16.0. The van der Waals surface area contributed by atoms with Crippen molar-refractivity contribution < 1.29 is 23.9 Å². The number of hydrogen-bond donors (Lipinski definition) is 1. The van der Waals surface area contributed by atoms with Crippen LogP contribution in [0.2, 0.25) is 0 Å². The number of fused-ring (bicyclic) bond motifs is 3. The quantitative estimate of drug-likeness (QED) is 0.104. The molecule has 0 saturated heterocycles. The van der Waals surface area contributed by atoms with Crippen LogP contribution in [0.3, 0.4) is 0 Å². The van der Waals surface area contributed by atoms with E-state index in [2.05, 4.69) is 50.4 Å². The van der Waals surface area contributed by atoms with E-state index in [1.54, 1.807) is 4.90 Å². The van der Waals surface area contributed by atoms with Gasteiger partial charge >= 0.3 is 12.1 Å². The van der Waals surface area contributed by atoms with Crippen LogP contribution in [0, 0.1) is 11.8 Å². The average molecular weight is 691 g/mol. The fraction of sp³-hybridized carbons (Fsp3) is 0.651. The molecule has 1 aliphatic carbocycles. The predicted octanol–water partition coefficient (Wildman–Crippen LogP) is 10.4. The lowest BCUT2D eigenvalue weighted by Crippen LogP contribution is -2.55. The van der Waals surface area contributed by atoms with Crippen LogP contribution in [0.15, 0.2) is 48.5 Å². The van der Waals surface area contributed by atoms with Gasteiger partial charge in [-0.15, -0.1) is 0 Å². The summed E-state index contributed by atoms with van der Waals surface area (Å²) < 4.78 is 11.8. The number of amides is 2. The number of carbonyl (C=O) groups is 3. The maximum absolute atomic E-state index is 14.5. The van der Waals surface area contributed by atoms with Crippen LogP contribution < -0.4 is 5.32 Å². The van der Waals surface area contributed by atoms with Crippen LogP contribution in [0.5, 0.6) is 0 Å². The molecule has 2 aromatic rings. The largest absolute Gasteiger partial charge is 0.458 e. The van der Waals surface area contributed by atoms with E-state index in [0.717, 1.165) is 41.5 Å². The summed E-state index contributed by atoms with van der Waals surface area (Å²) in [6.45, 7) is 16.6. The number of carbonyl (C=O) groups excluding carboxylic acids is 3. The lowest BCUT2D eigenvalue weighted by atomic mass is 9.97. The molecule has 2 aromatic carbocycles. The van der Waals surface area contributed by atoms with E-state index in [1.165, 1.54) is 44.9 Å². The molecule has 0 aromatic heterocycles. The van der Waals surface area contributed by atoms with Crippen molar-refractivity contribution in [3.63, 3.8) is 0 Å². The van der Waals surface area contributed by atoms with Gasteiger partial charge in [-0.1, -0.05) is 141 Å². The average Bonchev–Trinajstić information content (AvgIpc) is 3.37. The van der Waals surface area contributed by atoms with E-state index in [0.29, 0.717) is 19.4 Å². The summed E-state index contributed by atoms with van der Waals surface area (Å²) in [5, 5.41) is 2.93. The predicted molar refractivity (Wildman–Crippen MR) is 204 cm³/mol. The maximum atomic E-state index is 14.5. The highest BCUT2D eigenvalue weighted by molar-refractivity contribution is 5.90. The first-order valence-electron chi connectivity index (χ1n) is 19.5. The first-order chi connectivity index (χ1) is 23.8. The van der Waals surface area contributed by atoms with Crippen molar-refractivity contribution in [2.24, 2.45) is 11.8 Å². The van der Waals surface area contributed by atoms with Crippen molar-refractivity contribution in [1.29, 1.82) is 0 Å².